The average molecular weight is 389 g/mol. The van der Waals surface area contributed by atoms with Crippen molar-refractivity contribution in [2.24, 2.45) is 0 Å². The third-order valence-electron chi connectivity index (χ3n) is 4.41. The van der Waals surface area contributed by atoms with Crippen LogP contribution in [0.2, 0.25) is 0 Å². The van der Waals surface area contributed by atoms with Crippen LogP contribution in [-0.2, 0) is 6.61 Å². The van der Waals surface area contributed by atoms with Gasteiger partial charge in [-0.05, 0) is 41.8 Å². The van der Waals surface area contributed by atoms with Crippen LogP contribution in [0.25, 0.3) is 27.8 Å². The van der Waals surface area contributed by atoms with E-state index in [1.165, 1.54) is 0 Å². The van der Waals surface area contributed by atoms with E-state index in [-0.39, 0.29) is 6.61 Å². The van der Waals surface area contributed by atoms with Gasteiger partial charge < -0.3 is 9.47 Å². The average Bonchev–Trinajstić information content (AvgIpc) is 3.41. The van der Waals surface area contributed by atoms with Gasteiger partial charge in [0.25, 0.3) is 0 Å². The summed E-state index contributed by atoms with van der Waals surface area (Å²) in [4.78, 5) is 4.38. The lowest BCUT2D eigenvalue weighted by molar-refractivity contribution is 0.296. The standard InChI is InChI=1S/C20H15N5O2S/c1-26-14-2-3-15-17(10-14)21-8-6-18(15)27-11-20-23-22-19-5-4-16(24-25(19)20)13-7-9-28-12-13/h2-10,12H,11H2,1H3. The van der Waals surface area contributed by atoms with Gasteiger partial charge in [0.15, 0.2) is 11.5 Å². The molecule has 1 aromatic carbocycles. The molecule has 0 saturated heterocycles. The first-order valence-corrected chi connectivity index (χ1v) is 9.55. The molecule has 0 spiro atoms. The van der Waals surface area contributed by atoms with Crippen LogP contribution in [0.15, 0.2) is 59.4 Å². The number of thiophene rings is 1. The molecule has 138 valence electrons. The molecule has 0 radical (unpaired) electrons. The summed E-state index contributed by atoms with van der Waals surface area (Å²) in [5, 5.41) is 18.1. The van der Waals surface area contributed by atoms with Crippen LogP contribution in [0.1, 0.15) is 5.82 Å². The number of aromatic nitrogens is 5. The molecule has 0 fully saturated rings. The lowest BCUT2D eigenvalue weighted by atomic mass is 10.2. The van der Waals surface area contributed by atoms with Gasteiger partial charge in [0.1, 0.15) is 18.1 Å². The highest BCUT2D eigenvalue weighted by atomic mass is 32.1. The van der Waals surface area contributed by atoms with Crippen molar-refractivity contribution in [3.8, 4) is 22.8 Å². The number of ether oxygens (including phenoxy) is 2. The Morgan fingerprint density at radius 3 is 2.89 bits per heavy atom. The fourth-order valence-electron chi connectivity index (χ4n) is 2.98. The number of hydrogen-bond donors (Lipinski definition) is 0. The van der Waals surface area contributed by atoms with Crippen LogP contribution in [-0.4, -0.2) is 31.9 Å². The largest absolute Gasteiger partial charge is 0.497 e. The third kappa shape index (κ3) is 2.93. The summed E-state index contributed by atoms with van der Waals surface area (Å²) in [7, 11) is 1.63. The van der Waals surface area contributed by atoms with E-state index in [9.17, 15) is 0 Å². The van der Waals surface area contributed by atoms with Gasteiger partial charge in [0, 0.05) is 28.6 Å². The van der Waals surface area contributed by atoms with Crippen LogP contribution in [0.3, 0.4) is 0 Å². The molecule has 0 atom stereocenters. The maximum atomic E-state index is 6.03. The molecule has 0 aliphatic heterocycles. The van der Waals surface area contributed by atoms with E-state index in [1.807, 2.05) is 47.8 Å². The molecule has 4 aromatic heterocycles. The van der Waals surface area contributed by atoms with Crippen LogP contribution >= 0.6 is 11.3 Å². The van der Waals surface area contributed by atoms with E-state index in [0.29, 0.717) is 11.5 Å². The number of fused-ring (bicyclic) bond motifs is 2. The molecule has 0 aliphatic carbocycles. The molecule has 0 aliphatic rings. The van der Waals surface area contributed by atoms with Gasteiger partial charge >= 0.3 is 0 Å². The van der Waals surface area contributed by atoms with E-state index in [2.05, 4.69) is 25.7 Å². The maximum Gasteiger partial charge on any atom is 0.192 e. The Hall–Kier alpha value is -3.52. The molecule has 7 nitrogen and oxygen atoms in total. The molecule has 8 heteroatoms. The molecule has 5 aromatic rings. The zero-order valence-corrected chi connectivity index (χ0v) is 15.8. The summed E-state index contributed by atoms with van der Waals surface area (Å²) in [6.07, 6.45) is 1.71. The minimum atomic E-state index is 0.242. The summed E-state index contributed by atoms with van der Waals surface area (Å²) in [5.41, 5.74) is 3.43. The Bertz CT molecular complexity index is 1270. The topological polar surface area (TPSA) is 74.4 Å². The zero-order chi connectivity index (χ0) is 18.9. The molecular weight excluding hydrogens is 374 g/mol. The number of benzene rings is 1. The monoisotopic (exact) mass is 389 g/mol. The van der Waals surface area contributed by atoms with Crippen molar-refractivity contribution < 1.29 is 9.47 Å². The molecule has 0 bridgehead atoms. The Morgan fingerprint density at radius 2 is 2.04 bits per heavy atom. The number of methoxy groups -OCH3 is 1. The Labute approximate surface area is 164 Å². The molecule has 4 heterocycles. The summed E-state index contributed by atoms with van der Waals surface area (Å²) >= 11 is 1.64. The van der Waals surface area contributed by atoms with Gasteiger partial charge in [-0.2, -0.15) is 21.0 Å². The quantitative estimate of drug-likeness (QED) is 0.452. The summed E-state index contributed by atoms with van der Waals surface area (Å²) in [5.74, 6) is 2.11. The normalized spacial score (nSPS) is 11.2. The molecule has 0 N–H and O–H groups in total. The van der Waals surface area contributed by atoms with Crippen LogP contribution < -0.4 is 9.47 Å². The highest BCUT2D eigenvalue weighted by Crippen LogP contribution is 2.27. The summed E-state index contributed by atoms with van der Waals surface area (Å²) in [6.45, 7) is 0.242. The molecule has 0 saturated carbocycles. The predicted molar refractivity (Wildman–Crippen MR) is 107 cm³/mol. The number of hydrogen-bond acceptors (Lipinski definition) is 7. The van der Waals surface area contributed by atoms with Crippen LogP contribution in [0, 0.1) is 0 Å². The van der Waals surface area contributed by atoms with Crippen molar-refractivity contribution in [2.75, 3.05) is 7.11 Å². The zero-order valence-electron chi connectivity index (χ0n) is 14.9. The highest BCUT2D eigenvalue weighted by Gasteiger charge is 2.11. The third-order valence-corrected chi connectivity index (χ3v) is 5.09. The smallest absolute Gasteiger partial charge is 0.192 e. The summed E-state index contributed by atoms with van der Waals surface area (Å²) in [6, 6.07) is 13.4. The van der Waals surface area contributed by atoms with Gasteiger partial charge in [-0.25, -0.2) is 0 Å². The first-order chi connectivity index (χ1) is 13.8. The van der Waals surface area contributed by atoms with Gasteiger partial charge in [-0.3, -0.25) is 4.98 Å². The van der Waals surface area contributed by atoms with E-state index in [4.69, 9.17) is 9.47 Å². The van der Waals surface area contributed by atoms with Crippen LogP contribution in [0.4, 0.5) is 0 Å². The predicted octanol–water partition coefficient (Wildman–Crippen LogP) is 3.99. The van der Waals surface area contributed by atoms with E-state index in [1.54, 1.807) is 29.2 Å². The first kappa shape index (κ1) is 16.6. The minimum absolute atomic E-state index is 0.242. The van der Waals surface area contributed by atoms with E-state index < -0.39 is 0 Å². The van der Waals surface area contributed by atoms with Gasteiger partial charge in [0.2, 0.25) is 0 Å². The number of pyridine rings is 1. The van der Waals surface area contributed by atoms with Gasteiger partial charge in [-0.15, -0.1) is 10.2 Å². The second kappa shape index (κ2) is 6.90. The molecule has 0 unspecified atom stereocenters. The van der Waals surface area contributed by atoms with Crippen molar-refractivity contribution >= 4 is 27.9 Å². The lowest BCUT2D eigenvalue weighted by Gasteiger charge is -2.09. The molecular formula is C20H15N5O2S. The highest BCUT2D eigenvalue weighted by molar-refractivity contribution is 7.08. The van der Waals surface area contributed by atoms with Gasteiger partial charge in [-0.1, -0.05) is 0 Å². The fraction of sp³-hybridized carbons (Fsp3) is 0.100. The van der Waals surface area contributed by atoms with E-state index >= 15 is 0 Å². The number of nitrogens with zero attached hydrogens (tertiary/aromatic N) is 5. The second-order valence-corrected chi connectivity index (χ2v) is 6.88. The second-order valence-electron chi connectivity index (χ2n) is 6.10. The van der Waals surface area contributed by atoms with Crippen LogP contribution in [0.5, 0.6) is 11.5 Å². The summed E-state index contributed by atoms with van der Waals surface area (Å²) < 4.78 is 13.0. The van der Waals surface area contributed by atoms with Crippen molar-refractivity contribution in [3.63, 3.8) is 0 Å². The minimum Gasteiger partial charge on any atom is -0.497 e. The van der Waals surface area contributed by atoms with Crippen molar-refractivity contribution in [1.82, 2.24) is 24.8 Å². The Kier molecular flexibility index (Phi) is 4.10. The Balaban J connectivity index is 1.46. The fourth-order valence-corrected chi connectivity index (χ4v) is 3.63. The van der Waals surface area contributed by atoms with Crippen molar-refractivity contribution in [1.29, 1.82) is 0 Å². The molecule has 28 heavy (non-hydrogen) atoms. The molecule has 5 rings (SSSR count). The number of rotatable bonds is 5. The van der Waals surface area contributed by atoms with Crippen molar-refractivity contribution in [3.05, 3.63) is 65.2 Å². The van der Waals surface area contributed by atoms with Gasteiger partial charge in [0.05, 0.1) is 18.3 Å². The van der Waals surface area contributed by atoms with E-state index in [0.717, 1.165) is 33.7 Å². The lowest BCUT2D eigenvalue weighted by Crippen LogP contribution is -2.05. The maximum absolute atomic E-state index is 6.03. The van der Waals surface area contributed by atoms with Crippen molar-refractivity contribution in [2.45, 2.75) is 6.61 Å². The first-order valence-electron chi connectivity index (χ1n) is 8.61. The SMILES string of the molecule is COc1ccc2c(OCc3nnc4ccc(-c5ccsc5)nn34)ccnc2c1. The molecule has 0 amide bonds. The Morgan fingerprint density at radius 1 is 1.07 bits per heavy atom.